The Balaban J connectivity index is 2.13. The monoisotopic (exact) mass is 309 g/mol. The van der Waals surface area contributed by atoms with E-state index >= 15 is 0 Å². The lowest BCUT2D eigenvalue weighted by atomic mass is 9.90. The lowest BCUT2D eigenvalue weighted by Gasteiger charge is -2.39. The van der Waals surface area contributed by atoms with Gasteiger partial charge in [-0.3, -0.25) is 0 Å². The van der Waals surface area contributed by atoms with E-state index in [1.807, 2.05) is 7.05 Å². The zero-order valence-corrected chi connectivity index (χ0v) is 12.2. The van der Waals surface area contributed by atoms with E-state index in [4.69, 9.17) is 5.26 Å². The Labute approximate surface area is 115 Å². The molecule has 1 N–H and O–H groups in total. The second kappa shape index (κ2) is 5.21. The van der Waals surface area contributed by atoms with Crippen LogP contribution in [0.15, 0.2) is 10.7 Å². The number of piperidine rings is 1. The van der Waals surface area contributed by atoms with Gasteiger partial charge in [0.1, 0.15) is 6.07 Å². The van der Waals surface area contributed by atoms with Crippen molar-refractivity contribution in [3.05, 3.63) is 16.4 Å². The fourth-order valence-electron chi connectivity index (χ4n) is 2.04. The Morgan fingerprint density at radius 2 is 2.17 bits per heavy atom. The smallest absolute Gasteiger partial charge is 0.226 e. The molecule has 1 aliphatic heterocycles. The zero-order valence-electron chi connectivity index (χ0n) is 10.6. The van der Waals surface area contributed by atoms with Crippen LogP contribution in [0.1, 0.15) is 25.5 Å². The summed E-state index contributed by atoms with van der Waals surface area (Å²) in [6.07, 6.45) is 3.74. The number of anilines is 1. The second-order valence-corrected chi connectivity index (χ2v) is 5.63. The Hall–Kier alpha value is -1.19. The van der Waals surface area contributed by atoms with Crippen molar-refractivity contribution in [3.63, 3.8) is 0 Å². The van der Waals surface area contributed by atoms with E-state index in [9.17, 15) is 0 Å². The summed E-state index contributed by atoms with van der Waals surface area (Å²) < 4.78 is 0.644. The molecular weight excluding hydrogens is 294 g/mol. The number of hydrogen-bond acceptors (Lipinski definition) is 5. The largest absolute Gasteiger partial charge is 0.341 e. The highest BCUT2D eigenvalue weighted by Gasteiger charge is 2.29. The number of halogens is 1. The molecule has 2 heterocycles. The van der Waals surface area contributed by atoms with Gasteiger partial charge in [0, 0.05) is 24.8 Å². The number of aromatic nitrogens is 2. The molecule has 0 unspecified atom stereocenters. The normalized spacial score (nSPS) is 18.4. The average molecular weight is 310 g/mol. The van der Waals surface area contributed by atoms with Crippen molar-refractivity contribution in [1.82, 2.24) is 15.3 Å². The Bertz CT molecular complexity index is 474. The molecule has 2 rings (SSSR count). The molecule has 0 saturated carbocycles. The highest BCUT2D eigenvalue weighted by Crippen LogP contribution is 2.24. The van der Waals surface area contributed by atoms with Crippen molar-refractivity contribution in [2.75, 3.05) is 25.0 Å². The van der Waals surface area contributed by atoms with Crippen molar-refractivity contribution in [3.8, 4) is 6.07 Å². The number of hydrogen-bond donors (Lipinski definition) is 1. The fourth-order valence-corrected chi connectivity index (χ4v) is 2.32. The first-order chi connectivity index (χ1) is 8.58. The summed E-state index contributed by atoms with van der Waals surface area (Å²) in [5.41, 5.74) is 0.589. The fraction of sp³-hybridized carbons (Fsp3) is 0.583. The van der Waals surface area contributed by atoms with Gasteiger partial charge in [-0.15, -0.1) is 0 Å². The van der Waals surface area contributed by atoms with Crippen LogP contribution >= 0.6 is 15.9 Å². The van der Waals surface area contributed by atoms with E-state index in [1.165, 1.54) is 0 Å². The quantitative estimate of drug-likeness (QED) is 0.900. The molecule has 5 nitrogen and oxygen atoms in total. The van der Waals surface area contributed by atoms with E-state index in [-0.39, 0.29) is 5.54 Å². The van der Waals surface area contributed by atoms with Crippen LogP contribution in [-0.2, 0) is 0 Å². The molecule has 0 aromatic carbocycles. The molecular formula is C12H16BrN5. The van der Waals surface area contributed by atoms with Gasteiger partial charge in [0.25, 0.3) is 0 Å². The second-order valence-electron chi connectivity index (χ2n) is 4.78. The van der Waals surface area contributed by atoms with Gasteiger partial charge in [0.2, 0.25) is 5.95 Å². The molecule has 0 amide bonds. The van der Waals surface area contributed by atoms with Crippen LogP contribution in [0, 0.1) is 11.3 Å². The molecule has 1 fully saturated rings. The first-order valence-electron chi connectivity index (χ1n) is 5.94. The minimum absolute atomic E-state index is 0.198. The van der Waals surface area contributed by atoms with E-state index in [0.717, 1.165) is 25.9 Å². The highest BCUT2D eigenvalue weighted by molar-refractivity contribution is 9.10. The average Bonchev–Trinajstić information content (AvgIpc) is 2.40. The zero-order chi connectivity index (χ0) is 13.2. The minimum Gasteiger partial charge on any atom is -0.341 e. The maximum Gasteiger partial charge on any atom is 0.226 e. The highest BCUT2D eigenvalue weighted by atomic mass is 79.9. The van der Waals surface area contributed by atoms with Gasteiger partial charge in [-0.1, -0.05) is 0 Å². The van der Waals surface area contributed by atoms with Crippen molar-refractivity contribution in [2.45, 2.75) is 25.3 Å². The maximum atomic E-state index is 8.96. The maximum absolute atomic E-state index is 8.96. The van der Waals surface area contributed by atoms with Crippen LogP contribution in [0.2, 0.25) is 0 Å². The van der Waals surface area contributed by atoms with E-state index in [1.54, 1.807) is 6.20 Å². The summed E-state index contributed by atoms with van der Waals surface area (Å²) in [4.78, 5) is 10.7. The summed E-state index contributed by atoms with van der Waals surface area (Å²) in [6, 6.07) is 2.07. The molecule has 0 aliphatic carbocycles. The van der Waals surface area contributed by atoms with Crippen molar-refractivity contribution < 1.29 is 0 Å². The number of nitriles is 1. The topological polar surface area (TPSA) is 64.8 Å². The van der Waals surface area contributed by atoms with Crippen LogP contribution < -0.4 is 10.2 Å². The standard InChI is InChI=1S/C12H16BrN5/c1-12(15-2)3-5-18(6-4-12)11-16-8-9(13)10(7-14)17-11/h8,15H,3-6H2,1-2H3. The Morgan fingerprint density at radius 1 is 1.50 bits per heavy atom. The minimum atomic E-state index is 0.198. The summed E-state index contributed by atoms with van der Waals surface area (Å²) in [5, 5.41) is 12.3. The number of nitrogens with one attached hydrogen (secondary N) is 1. The lowest BCUT2D eigenvalue weighted by molar-refractivity contribution is 0.303. The summed E-state index contributed by atoms with van der Waals surface area (Å²) in [5.74, 6) is 0.646. The third-order valence-corrected chi connectivity index (χ3v) is 4.17. The first kappa shape index (κ1) is 13.2. The summed E-state index contributed by atoms with van der Waals surface area (Å²) in [6.45, 7) is 4.04. The Kier molecular flexibility index (Phi) is 3.83. The van der Waals surface area contributed by atoms with Gasteiger partial charge in [0.05, 0.1) is 4.47 Å². The summed E-state index contributed by atoms with van der Waals surface area (Å²) >= 11 is 3.27. The van der Waals surface area contributed by atoms with Gasteiger partial charge >= 0.3 is 0 Å². The van der Waals surface area contributed by atoms with Gasteiger partial charge in [0.15, 0.2) is 5.69 Å². The summed E-state index contributed by atoms with van der Waals surface area (Å²) in [7, 11) is 2.00. The van der Waals surface area contributed by atoms with Crippen LogP contribution in [0.3, 0.4) is 0 Å². The SMILES string of the molecule is CNC1(C)CCN(c2ncc(Br)c(C#N)n2)CC1. The molecule has 1 saturated heterocycles. The lowest BCUT2D eigenvalue weighted by Crippen LogP contribution is -2.50. The molecule has 1 aromatic heterocycles. The van der Waals surface area contributed by atoms with Gasteiger partial charge < -0.3 is 10.2 Å². The predicted octanol–water partition coefficient (Wildman–Crippen LogP) is 1.69. The molecule has 0 spiro atoms. The van der Waals surface area contributed by atoms with Gasteiger partial charge in [-0.25, -0.2) is 9.97 Å². The molecule has 0 radical (unpaired) electrons. The third kappa shape index (κ3) is 2.62. The van der Waals surface area contributed by atoms with Gasteiger partial charge in [-0.05, 0) is 42.7 Å². The molecule has 18 heavy (non-hydrogen) atoms. The molecule has 6 heteroatoms. The van der Waals surface area contributed by atoms with E-state index in [2.05, 4.69) is 49.1 Å². The van der Waals surface area contributed by atoms with Crippen LogP contribution in [-0.4, -0.2) is 35.6 Å². The number of rotatable bonds is 2. The molecule has 0 atom stereocenters. The first-order valence-corrected chi connectivity index (χ1v) is 6.74. The van der Waals surface area contributed by atoms with Gasteiger partial charge in [-0.2, -0.15) is 5.26 Å². The van der Waals surface area contributed by atoms with Crippen molar-refractivity contribution >= 4 is 21.9 Å². The van der Waals surface area contributed by atoms with E-state index < -0.39 is 0 Å². The van der Waals surface area contributed by atoms with Crippen LogP contribution in [0.4, 0.5) is 5.95 Å². The van der Waals surface area contributed by atoms with E-state index in [0.29, 0.717) is 16.1 Å². The molecule has 1 aromatic rings. The third-order valence-electron chi connectivity index (χ3n) is 3.59. The Morgan fingerprint density at radius 3 is 2.72 bits per heavy atom. The predicted molar refractivity (Wildman–Crippen MR) is 73.4 cm³/mol. The van der Waals surface area contributed by atoms with Crippen molar-refractivity contribution in [2.24, 2.45) is 0 Å². The van der Waals surface area contributed by atoms with Crippen molar-refractivity contribution in [1.29, 1.82) is 5.26 Å². The van der Waals surface area contributed by atoms with Crippen LogP contribution in [0.25, 0.3) is 0 Å². The molecule has 96 valence electrons. The molecule has 1 aliphatic rings. The van der Waals surface area contributed by atoms with Crippen LogP contribution in [0.5, 0.6) is 0 Å². The number of nitrogens with zero attached hydrogens (tertiary/aromatic N) is 4. The molecule has 0 bridgehead atoms.